The number of allylic oxidation sites excluding steroid dienone is 2. The molecule has 1 aromatic rings. The molecule has 1 aromatic carbocycles. The van der Waals surface area contributed by atoms with Gasteiger partial charge in [-0.2, -0.15) is 0 Å². The molecule has 2 atom stereocenters. The van der Waals surface area contributed by atoms with E-state index in [1.54, 1.807) is 5.57 Å². The Morgan fingerprint density at radius 3 is 2.56 bits per heavy atom. The number of hydrogen-bond acceptors (Lipinski definition) is 0. The van der Waals surface area contributed by atoms with Crippen LogP contribution in [0.5, 0.6) is 0 Å². The molecule has 2 unspecified atom stereocenters. The van der Waals surface area contributed by atoms with E-state index in [2.05, 4.69) is 50.3 Å². The van der Waals surface area contributed by atoms with E-state index in [-0.39, 0.29) is 0 Å². The molecular formula is C16H22. The van der Waals surface area contributed by atoms with E-state index in [0.29, 0.717) is 5.92 Å². The normalized spacial score (nSPS) is 22.6. The molecule has 0 aromatic heterocycles. The second-order valence-electron chi connectivity index (χ2n) is 4.96. The lowest BCUT2D eigenvalue weighted by molar-refractivity contribution is 0.447. The number of hydrogen-bond donors (Lipinski definition) is 0. The van der Waals surface area contributed by atoms with Gasteiger partial charge in [-0.1, -0.05) is 62.2 Å². The summed E-state index contributed by atoms with van der Waals surface area (Å²) in [7, 11) is 0. The summed E-state index contributed by atoms with van der Waals surface area (Å²) in [4.78, 5) is 0. The Kier molecular flexibility index (Phi) is 3.82. The van der Waals surface area contributed by atoms with E-state index >= 15 is 0 Å². The topological polar surface area (TPSA) is 0 Å². The van der Waals surface area contributed by atoms with Crippen LogP contribution in [0.2, 0.25) is 0 Å². The van der Waals surface area contributed by atoms with Crippen molar-refractivity contribution in [3.05, 3.63) is 47.5 Å². The minimum absolute atomic E-state index is 0.610. The lowest BCUT2D eigenvalue weighted by atomic mass is 9.81. The van der Waals surface area contributed by atoms with Gasteiger partial charge in [0.25, 0.3) is 0 Å². The van der Waals surface area contributed by atoms with Gasteiger partial charge in [-0.05, 0) is 30.7 Å². The van der Waals surface area contributed by atoms with Gasteiger partial charge in [-0.3, -0.25) is 0 Å². The summed E-state index contributed by atoms with van der Waals surface area (Å²) in [5.74, 6) is 1.55. The lowest BCUT2D eigenvalue weighted by Crippen LogP contribution is -2.08. The molecule has 2 rings (SSSR count). The van der Waals surface area contributed by atoms with Crippen LogP contribution in [0.4, 0.5) is 0 Å². The van der Waals surface area contributed by atoms with Gasteiger partial charge in [0.2, 0.25) is 0 Å². The number of rotatable bonds is 3. The summed E-state index contributed by atoms with van der Waals surface area (Å²) in [5, 5.41) is 0. The van der Waals surface area contributed by atoms with Crippen molar-refractivity contribution in [3.63, 3.8) is 0 Å². The maximum absolute atomic E-state index is 2.50. The zero-order valence-corrected chi connectivity index (χ0v) is 10.4. The summed E-state index contributed by atoms with van der Waals surface area (Å²) >= 11 is 0. The van der Waals surface area contributed by atoms with Crippen LogP contribution in [-0.2, 0) is 0 Å². The minimum Gasteiger partial charge on any atom is -0.0844 e. The Bertz CT molecular complexity index is 348. The highest BCUT2D eigenvalue weighted by molar-refractivity contribution is 5.28. The van der Waals surface area contributed by atoms with Crippen LogP contribution in [0.25, 0.3) is 0 Å². The molecular weight excluding hydrogens is 192 g/mol. The molecule has 1 aliphatic carbocycles. The third-order valence-electron chi connectivity index (χ3n) is 3.99. The molecule has 0 spiro atoms. The Hall–Kier alpha value is -1.04. The minimum atomic E-state index is 0.610. The van der Waals surface area contributed by atoms with E-state index in [9.17, 15) is 0 Å². The Morgan fingerprint density at radius 2 is 2.00 bits per heavy atom. The van der Waals surface area contributed by atoms with Crippen LogP contribution < -0.4 is 0 Å². The summed E-state index contributed by atoms with van der Waals surface area (Å²) in [6.07, 6.45) is 7.82. The quantitative estimate of drug-likeness (QED) is 0.626. The molecule has 0 nitrogen and oxygen atoms in total. The van der Waals surface area contributed by atoms with Crippen LogP contribution in [0, 0.1) is 5.92 Å². The van der Waals surface area contributed by atoms with E-state index in [4.69, 9.17) is 0 Å². The molecule has 1 aliphatic rings. The molecule has 0 heteroatoms. The maximum atomic E-state index is 2.50. The van der Waals surface area contributed by atoms with Crippen molar-refractivity contribution < 1.29 is 0 Å². The predicted octanol–water partition coefficient (Wildman–Crippen LogP) is 4.93. The predicted molar refractivity (Wildman–Crippen MR) is 70.6 cm³/mol. The molecule has 0 heterocycles. The van der Waals surface area contributed by atoms with Crippen LogP contribution in [0.3, 0.4) is 0 Å². The summed E-state index contributed by atoms with van der Waals surface area (Å²) < 4.78 is 0. The molecule has 0 radical (unpaired) electrons. The fraction of sp³-hybridized carbons (Fsp3) is 0.500. The molecule has 0 aliphatic heterocycles. The Labute approximate surface area is 99.4 Å². The van der Waals surface area contributed by atoms with E-state index in [1.807, 2.05) is 0 Å². The zero-order chi connectivity index (χ0) is 11.4. The van der Waals surface area contributed by atoms with Crippen LogP contribution >= 0.6 is 0 Å². The lowest BCUT2D eigenvalue weighted by Gasteiger charge is -2.24. The third kappa shape index (κ3) is 2.55. The van der Waals surface area contributed by atoms with Crippen molar-refractivity contribution in [3.8, 4) is 0 Å². The van der Waals surface area contributed by atoms with Gasteiger partial charge >= 0.3 is 0 Å². The van der Waals surface area contributed by atoms with Gasteiger partial charge in [0, 0.05) is 5.92 Å². The molecule has 0 amide bonds. The first-order valence-corrected chi connectivity index (χ1v) is 6.55. The first-order valence-electron chi connectivity index (χ1n) is 6.55. The molecule has 0 saturated carbocycles. The smallest absolute Gasteiger partial charge is 0.00198 e. The Morgan fingerprint density at radius 1 is 1.25 bits per heavy atom. The standard InChI is InChI=1S/C16H22/c1-3-14-9-11-16(12-10-14)13(2)15-7-5-4-6-8-15/h4-8,11,13-14H,3,9-10,12H2,1-2H3. The van der Waals surface area contributed by atoms with Crippen molar-refractivity contribution in [2.24, 2.45) is 5.92 Å². The van der Waals surface area contributed by atoms with Gasteiger partial charge in [0.15, 0.2) is 0 Å². The summed E-state index contributed by atoms with van der Waals surface area (Å²) in [6.45, 7) is 4.65. The van der Waals surface area contributed by atoms with Crippen LogP contribution in [-0.4, -0.2) is 0 Å². The van der Waals surface area contributed by atoms with Gasteiger partial charge in [0.05, 0.1) is 0 Å². The van der Waals surface area contributed by atoms with Gasteiger partial charge in [0.1, 0.15) is 0 Å². The van der Waals surface area contributed by atoms with E-state index in [0.717, 1.165) is 5.92 Å². The first-order chi connectivity index (χ1) is 7.81. The summed E-state index contributed by atoms with van der Waals surface area (Å²) in [5.41, 5.74) is 3.11. The first kappa shape index (κ1) is 11.4. The molecule has 0 fully saturated rings. The van der Waals surface area contributed by atoms with Crippen molar-refractivity contribution in [1.82, 2.24) is 0 Å². The number of benzene rings is 1. The van der Waals surface area contributed by atoms with Crippen molar-refractivity contribution in [2.75, 3.05) is 0 Å². The van der Waals surface area contributed by atoms with Crippen molar-refractivity contribution in [2.45, 2.75) is 45.4 Å². The van der Waals surface area contributed by atoms with Gasteiger partial charge in [-0.15, -0.1) is 0 Å². The SMILES string of the molecule is CCC1CC=C(C(C)c2ccccc2)CC1. The molecule has 0 bridgehead atoms. The molecule has 0 saturated heterocycles. The van der Waals surface area contributed by atoms with Gasteiger partial charge < -0.3 is 0 Å². The third-order valence-corrected chi connectivity index (χ3v) is 3.99. The van der Waals surface area contributed by atoms with Crippen LogP contribution in [0.1, 0.15) is 51.0 Å². The zero-order valence-electron chi connectivity index (χ0n) is 10.4. The highest BCUT2D eigenvalue weighted by Crippen LogP contribution is 2.34. The van der Waals surface area contributed by atoms with Crippen LogP contribution in [0.15, 0.2) is 42.0 Å². The average Bonchev–Trinajstić information content (AvgIpc) is 2.39. The highest BCUT2D eigenvalue weighted by Gasteiger charge is 2.17. The maximum Gasteiger partial charge on any atom is 0.00198 e. The monoisotopic (exact) mass is 214 g/mol. The molecule has 86 valence electrons. The van der Waals surface area contributed by atoms with Crippen molar-refractivity contribution >= 4 is 0 Å². The second kappa shape index (κ2) is 5.34. The largest absolute Gasteiger partial charge is 0.0844 e. The van der Waals surface area contributed by atoms with Crippen molar-refractivity contribution in [1.29, 1.82) is 0 Å². The average molecular weight is 214 g/mol. The summed E-state index contributed by atoms with van der Waals surface area (Å²) in [6, 6.07) is 10.9. The molecule has 0 N–H and O–H groups in total. The Balaban J connectivity index is 2.06. The highest BCUT2D eigenvalue weighted by atomic mass is 14.2. The van der Waals surface area contributed by atoms with E-state index < -0.39 is 0 Å². The second-order valence-corrected chi connectivity index (χ2v) is 4.96. The van der Waals surface area contributed by atoms with Gasteiger partial charge in [-0.25, -0.2) is 0 Å². The fourth-order valence-electron chi connectivity index (χ4n) is 2.63. The van der Waals surface area contributed by atoms with E-state index in [1.165, 1.54) is 31.2 Å². The molecule has 16 heavy (non-hydrogen) atoms. The fourth-order valence-corrected chi connectivity index (χ4v) is 2.63.